The van der Waals surface area contributed by atoms with Crippen molar-refractivity contribution in [2.75, 3.05) is 6.54 Å². The maximum absolute atomic E-state index is 13.5. The number of primary amides is 1. The van der Waals surface area contributed by atoms with E-state index >= 15 is 0 Å². The standard InChI is InChI=1S/C24H31FN6O2/c1-24(2,3)22-20(33-23(27)32)5-4-10-30(22)18-11-16(15-6-8-17(25)9-7-15)12-19(18)31-14-28-21(13-26)29-31/h6-9,14,16,18-20,22H,4-5,10-12H2,1-3H3,(H2,27,32)/t16?,18?,19?,20-,22?/m1/s1. The molecule has 8 nitrogen and oxygen atoms in total. The zero-order valence-electron chi connectivity index (χ0n) is 19.3. The molecule has 0 spiro atoms. The van der Waals surface area contributed by atoms with Crippen LogP contribution in [0.15, 0.2) is 30.6 Å². The first-order valence-electron chi connectivity index (χ1n) is 11.5. The quantitative estimate of drug-likeness (QED) is 0.753. The van der Waals surface area contributed by atoms with Gasteiger partial charge in [-0.2, -0.15) is 5.26 Å². The van der Waals surface area contributed by atoms with Crippen LogP contribution in [0.25, 0.3) is 0 Å². The minimum absolute atomic E-state index is 0.0215. The molecule has 1 saturated carbocycles. The Kier molecular flexibility index (Phi) is 6.39. The zero-order chi connectivity index (χ0) is 23.8. The van der Waals surface area contributed by atoms with Crippen LogP contribution in [0.4, 0.5) is 9.18 Å². The van der Waals surface area contributed by atoms with Gasteiger partial charge in [-0.1, -0.05) is 32.9 Å². The van der Waals surface area contributed by atoms with Gasteiger partial charge in [-0.25, -0.2) is 18.9 Å². The highest BCUT2D eigenvalue weighted by Crippen LogP contribution is 2.47. The molecule has 9 heteroatoms. The lowest BCUT2D eigenvalue weighted by Gasteiger charge is -2.50. The predicted octanol–water partition coefficient (Wildman–Crippen LogP) is 3.75. The molecule has 33 heavy (non-hydrogen) atoms. The van der Waals surface area contributed by atoms with E-state index in [1.807, 2.05) is 18.2 Å². The van der Waals surface area contributed by atoms with Gasteiger partial charge in [0, 0.05) is 6.04 Å². The van der Waals surface area contributed by atoms with Gasteiger partial charge in [-0.05, 0) is 61.3 Å². The number of rotatable bonds is 4. The van der Waals surface area contributed by atoms with Crippen LogP contribution < -0.4 is 5.73 Å². The SMILES string of the molecule is CC(C)(C)C1[C@H](OC(N)=O)CCCN1C1CC(c2ccc(F)cc2)CC1n1cnc(C#N)n1. The van der Waals surface area contributed by atoms with Gasteiger partial charge >= 0.3 is 6.09 Å². The highest BCUT2D eigenvalue weighted by atomic mass is 19.1. The number of nitrogens with zero attached hydrogens (tertiary/aromatic N) is 5. The molecule has 2 aliphatic rings. The van der Waals surface area contributed by atoms with E-state index in [1.165, 1.54) is 12.1 Å². The lowest BCUT2D eigenvalue weighted by molar-refractivity contribution is -0.0700. The van der Waals surface area contributed by atoms with Crippen molar-refractivity contribution in [2.45, 2.75) is 76.6 Å². The van der Waals surface area contributed by atoms with E-state index in [2.05, 4.69) is 35.8 Å². The molecule has 4 rings (SSSR count). The van der Waals surface area contributed by atoms with Gasteiger partial charge in [0.15, 0.2) is 0 Å². The number of aromatic nitrogens is 3. The van der Waals surface area contributed by atoms with Gasteiger partial charge in [-0.3, -0.25) is 4.90 Å². The second-order valence-corrected chi connectivity index (χ2v) is 10.2. The topological polar surface area (TPSA) is 110 Å². The lowest BCUT2D eigenvalue weighted by Crippen LogP contribution is -2.60. The number of nitriles is 1. The van der Waals surface area contributed by atoms with Gasteiger partial charge < -0.3 is 10.5 Å². The van der Waals surface area contributed by atoms with Crippen molar-refractivity contribution in [3.63, 3.8) is 0 Å². The maximum atomic E-state index is 13.5. The van der Waals surface area contributed by atoms with Crippen molar-refractivity contribution in [2.24, 2.45) is 11.1 Å². The van der Waals surface area contributed by atoms with Crippen LogP contribution >= 0.6 is 0 Å². The van der Waals surface area contributed by atoms with Gasteiger partial charge in [0.2, 0.25) is 0 Å². The van der Waals surface area contributed by atoms with Crippen LogP contribution in [0.5, 0.6) is 0 Å². The molecule has 2 aromatic rings. The maximum Gasteiger partial charge on any atom is 0.404 e. The first kappa shape index (κ1) is 23.2. The number of benzene rings is 1. The Morgan fingerprint density at radius 1 is 1.24 bits per heavy atom. The summed E-state index contributed by atoms with van der Waals surface area (Å²) >= 11 is 0. The fraction of sp³-hybridized carbons (Fsp3) is 0.583. The third kappa shape index (κ3) is 4.86. The Bertz CT molecular complexity index is 1020. The molecule has 5 atom stereocenters. The lowest BCUT2D eigenvalue weighted by atomic mass is 9.77. The largest absolute Gasteiger partial charge is 0.445 e. The fourth-order valence-electron chi connectivity index (χ4n) is 5.81. The molecule has 2 heterocycles. The molecule has 2 fully saturated rings. The van der Waals surface area contributed by atoms with Gasteiger partial charge in [0.1, 0.15) is 24.3 Å². The summed E-state index contributed by atoms with van der Waals surface area (Å²) in [5.41, 5.74) is 6.33. The van der Waals surface area contributed by atoms with Gasteiger partial charge in [0.05, 0.1) is 12.1 Å². The summed E-state index contributed by atoms with van der Waals surface area (Å²) in [5.74, 6) is 0.0865. The number of hydrogen-bond acceptors (Lipinski definition) is 6. The molecule has 1 aliphatic heterocycles. The summed E-state index contributed by atoms with van der Waals surface area (Å²) in [6, 6.07) is 8.72. The van der Waals surface area contributed by atoms with E-state index in [0.29, 0.717) is 0 Å². The Hall–Kier alpha value is -2.99. The third-order valence-corrected chi connectivity index (χ3v) is 6.98. The molecule has 4 unspecified atom stereocenters. The van der Waals surface area contributed by atoms with E-state index in [-0.39, 0.29) is 47.2 Å². The zero-order valence-corrected chi connectivity index (χ0v) is 19.3. The number of piperidine rings is 1. The van der Waals surface area contributed by atoms with Crippen molar-refractivity contribution < 1.29 is 13.9 Å². The molecule has 1 saturated heterocycles. The molecule has 0 bridgehead atoms. The predicted molar refractivity (Wildman–Crippen MR) is 120 cm³/mol. The second kappa shape index (κ2) is 9.10. The molecule has 2 N–H and O–H groups in total. The highest BCUT2D eigenvalue weighted by Gasteiger charge is 2.49. The Balaban J connectivity index is 1.71. The third-order valence-electron chi connectivity index (χ3n) is 6.98. The average Bonchev–Trinajstić information content (AvgIpc) is 3.40. The van der Waals surface area contributed by atoms with Crippen LogP contribution in [-0.2, 0) is 4.74 Å². The number of hydrogen-bond donors (Lipinski definition) is 1. The van der Waals surface area contributed by atoms with Gasteiger partial charge in [0.25, 0.3) is 5.82 Å². The first-order valence-corrected chi connectivity index (χ1v) is 11.5. The van der Waals surface area contributed by atoms with Crippen LogP contribution in [0.1, 0.15) is 69.8 Å². The number of carbonyl (C=O) groups is 1. The summed E-state index contributed by atoms with van der Waals surface area (Å²) in [5, 5.41) is 13.6. The summed E-state index contributed by atoms with van der Waals surface area (Å²) in [6.45, 7) is 7.31. The normalized spacial score (nSPS) is 28.4. The van der Waals surface area contributed by atoms with Crippen LogP contribution in [0, 0.1) is 22.6 Å². The van der Waals surface area contributed by atoms with E-state index in [4.69, 9.17) is 10.5 Å². The van der Waals surface area contributed by atoms with Crippen LogP contribution in [0.2, 0.25) is 0 Å². The smallest absolute Gasteiger partial charge is 0.404 e. The molecule has 0 radical (unpaired) electrons. The van der Waals surface area contributed by atoms with Crippen molar-refractivity contribution in [1.29, 1.82) is 5.26 Å². The average molecular weight is 455 g/mol. The number of likely N-dealkylation sites (tertiary alicyclic amines) is 1. The number of halogens is 1. The van der Waals surface area contributed by atoms with Crippen molar-refractivity contribution in [1.82, 2.24) is 19.7 Å². The summed E-state index contributed by atoms with van der Waals surface area (Å²) in [7, 11) is 0. The summed E-state index contributed by atoms with van der Waals surface area (Å²) < 4.78 is 20.9. The van der Waals surface area contributed by atoms with E-state index in [0.717, 1.165) is 37.8 Å². The van der Waals surface area contributed by atoms with Crippen LogP contribution in [0.3, 0.4) is 0 Å². The number of amides is 1. The molecule has 1 aliphatic carbocycles. The fourth-order valence-corrected chi connectivity index (χ4v) is 5.81. The van der Waals surface area contributed by atoms with Crippen LogP contribution in [-0.4, -0.2) is 50.5 Å². The summed E-state index contributed by atoms with van der Waals surface area (Å²) in [4.78, 5) is 18.2. The van der Waals surface area contributed by atoms with Crippen molar-refractivity contribution >= 4 is 6.09 Å². The van der Waals surface area contributed by atoms with E-state index < -0.39 is 6.09 Å². The number of ether oxygens (including phenoxy) is 1. The Labute approximate surface area is 193 Å². The molecule has 1 aromatic carbocycles. The monoisotopic (exact) mass is 454 g/mol. The molecular weight excluding hydrogens is 423 g/mol. The molecular formula is C24H31FN6O2. The van der Waals surface area contributed by atoms with Crippen molar-refractivity contribution in [3.8, 4) is 6.07 Å². The Morgan fingerprint density at radius 2 is 1.94 bits per heavy atom. The second-order valence-electron chi connectivity index (χ2n) is 10.2. The molecule has 1 amide bonds. The molecule has 1 aromatic heterocycles. The number of carbonyl (C=O) groups excluding carboxylic acids is 1. The van der Waals surface area contributed by atoms with E-state index in [1.54, 1.807) is 11.0 Å². The molecule has 176 valence electrons. The van der Waals surface area contributed by atoms with E-state index in [9.17, 15) is 14.4 Å². The van der Waals surface area contributed by atoms with Crippen molar-refractivity contribution in [3.05, 3.63) is 47.8 Å². The minimum atomic E-state index is -0.752. The number of nitrogens with two attached hydrogens (primary N) is 1. The highest BCUT2D eigenvalue weighted by molar-refractivity contribution is 5.64. The first-order chi connectivity index (χ1) is 15.7. The summed E-state index contributed by atoms with van der Waals surface area (Å²) in [6.07, 6.45) is 3.85. The van der Waals surface area contributed by atoms with Gasteiger partial charge in [-0.15, -0.1) is 5.10 Å². The Morgan fingerprint density at radius 3 is 2.55 bits per heavy atom. The minimum Gasteiger partial charge on any atom is -0.445 e.